The number of unbranched alkanes of at least 4 members (excludes halogenated alkanes) is 10. The zero-order valence-corrected chi connectivity index (χ0v) is 24.1. The quantitative estimate of drug-likeness (QED) is 0.0990. The molecule has 0 nitrogen and oxygen atoms in total. The second kappa shape index (κ2) is 18.8. The molecule has 0 unspecified atom stereocenters. The van der Waals surface area contributed by atoms with Gasteiger partial charge < -0.3 is 0 Å². The van der Waals surface area contributed by atoms with E-state index in [1.807, 2.05) is 0 Å². The van der Waals surface area contributed by atoms with Crippen LogP contribution in [0.25, 0.3) is 0 Å². The summed E-state index contributed by atoms with van der Waals surface area (Å²) in [6.07, 6.45) is 21.5. The summed E-state index contributed by atoms with van der Waals surface area (Å²) in [7, 11) is 0. The second-order valence-electron chi connectivity index (χ2n) is 10.1. The monoisotopic (exact) mass is 508 g/mol. The Morgan fingerprint density at radius 2 is 0.800 bits per heavy atom. The molecule has 0 aromatic heterocycles. The number of hydrogen-bond acceptors (Lipinski definition) is 2. The molecule has 0 spiro atoms. The summed E-state index contributed by atoms with van der Waals surface area (Å²) < 4.78 is 0. The van der Waals surface area contributed by atoms with Crippen LogP contribution in [0.3, 0.4) is 0 Å². The van der Waals surface area contributed by atoms with Crippen molar-refractivity contribution in [3.63, 3.8) is 0 Å². The number of aryl methyl sites for hydroxylation is 2. The Kier molecular flexibility index (Phi) is 16.1. The summed E-state index contributed by atoms with van der Waals surface area (Å²) in [5.41, 5.74) is 5.29. The van der Waals surface area contributed by atoms with Crippen LogP contribution in [0.5, 0.6) is 0 Å². The number of benzene rings is 2. The lowest BCUT2D eigenvalue weighted by Crippen LogP contribution is -2.02. The molecule has 0 fully saturated rings. The van der Waals surface area contributed by atoms with Crippen molar-refractivity contribution in [2.24, 2.45) is 0 Å². The van der Waals surface area contributed by atoms with Gasteiger partial charge in [0, 0.05) is 9.73 Å². The first kappa shape index (κ1) is 29.8. The normalized spacial score (nSPS) is 11.0. The summed E-state index contributed by atoms with van der Waals surface area (Å²) in [6.45, 7) is 4.55. The average molecular weight is 509 g/mol. The van der Waals surface area contributed by atoms with Crippen LogP contribution in [0, 0.1) is 0 Å². The third-order valence-corrected chi connectivity index (χ3v) is 7.88. The lowest BCUT2D eigenvalue weighted by atomic mass is 9.99. The Hall–Kier alpha value is -1.38. The predicted molar refractivity (Wildman–Crippen MR) is 164 cm³/mol. The number of rotatable bonds is 20. The van der Waals surface area contributed by atoms with E-state index in [4.69, 9.17) is 24.4 Å². The van der Waals surface area contributed by atoms with E-state index in [0.29, 0.717) is 0 Å². The van der Waals surface area contributed by atoms with E-state index >= 15 is 0 Å². The van der Waals surface area contributed by atoms with Crippen molar-refractivity contribution in [3.8, 4) is 0 Å². The summed E-state index contributed by atoms with van der Waals surface area (Å²) in [5, 5.41) is 0. The van der Waals surface area contributed by atoms with E-state index in [-0.39, 0.29) is 0 Å². The van der Waals surface area contributed by atoms with Crippen molar-refractivity contribution < 1.29 is 0 Å². The van der Waals surface area contributed by atoms with Crippen molar-refractivity contribution in [1.82, 2.24) is 0 Å². The molecule has 2 aromatic carbocycles. The lowest BCUT2D eigenvalue weighted by Gasteiger charge is -2.08. The van der Waals surface area contributed by atoms with Gasteiger partial charge in [0.1, 0.15) is 0 Å². The molecular formula is C33H48S2. The maximum atomic E-state index is 5.73. The minimum absolute atomic E-state index is 0.933. The zero-order chi connectivity index (χ0) is 25.1. The van der Waals surface area contributed by atoms with Crippen molar-refractivity contribution in [2.45, 2.75) is 123 Å². The van der Waals surface area contributed by atoms with Crippen LogP contribution < -0.4 is 0 Å². The maximum absolute atomic E-state index is 5.73. The van der Waals surface area contributed by atoms with Gasteiger partial charge in [-0.2, -0.15) is 0 Å². The smallest absolute Gasteiger partial charge is 0.0224 e. The van der Waals surface area contributed by atoms with Gasteiger partial charge >= 0.3 is 0 Å². The highest BCUT2D eigenvalue weighted by Gasteiger charge is 2.06. The van der Waals surface area contributed by atoms with Crippen molar-refractivity contribution >= 4 is 34.2 Å². The van der Waals surface area contributed by atoms with Crippen LogP contribution in [0.15, 0.2) is 48.5 Å². The Morgan fingerprint density at radius 1 is 0.457 bits per heavy atom. The number of hydrogen-bond donors (Lipinski definition) is 0. The maximum Gasteiger partial charge on any atom is 0.0224 e. The van der Waals surface area contributed by atoms with Crippen LogP contribution in [-0.4, -0.2) is 9.73 Å². The van der Waals surface area contributed by atoms with Crippen LogP contribution in [0.1, 0.15) is 132 Å². The van der Waals surface area contributed by atoms with Gasteiger partial charge in [-0.05, 0) is 67.2 Å². The summed E-state index contributed by atoms with van der Waals surface area (Å²) in [5.74, 6) is 0. The predicted octanol–water partition coefficient (Wildman–Crippen LogP) is 10.8. The molecule has 0 amide bonds. The van der Waals surface area contributed by atoms with Crippen molar-refractivity contribution in [2.75, 3.05) is 0 Å². The molecule has 2 aromatic rings. The summed E-state index contributed by atoms with van der Waals surface area (Å²) in [6, 6.07) is 17.9. The molecule has 0 aliphatic carbocycles. The van der Waals surface area contributed by atoms with Gasteiger partial charge in [0.05, 0.1) is 0 Å². The van der Waals surface area contributed by atoms with Crippen LogP contribution >= 0.6 is 24.4 Å². The third kappa shape index (κ3) is 12.9. The van der Waals surface area contributed by atoms with Gasteiger partial charge in [0.2, 0.25) is 0 Å². The van der Waals surface area contributed by atoms with Gasteiger partial charge in [-0.25, -0.2) is 0 Å². The highest BCUT2D eigenvalue weighted by Crippen LogP contribution is 2.17. The van der Waals surface area contributed by atoms with Crippen molar-refractivity contribution in [1.29, 1.82) is 0 Å². The topological polar surface area (TPSA) is 0 Å². The van der Waals surface area contributed by atoms with E-state index in [1.54, 1.807) is 0 Å². The first-order valence-corrected chi connectivity index (χ1v) is 15.2. The third-order valence-electron chi connectivity index (χ3n) is 7.00. The first-order chi connectivity index (χ1) is 17.1. The SMILES string of the molecule is CCCCCCCCc1ccc(C(=S)CCCC(=S)c2ccc(CCCCCCCC)cc2)cc1. The molecule has 0 heterocycles. The van der Waals surface area contributed by atoms with Crippen LogP contribution in [0.2, 0.25) is 0 Å². The molecule has 0 atom stereocenters. The van der Waals surface area contributed by atoms with Gasteiger partial charge in [-0.1, -0.05) is 151 Å². The molecule has 0 saturated heterocycles. The van der Waals surface area contributed by atoms with E-state index < -0.39 is 0 Å². The largest absolute Gasteiger partial charge is 0.0843 e. The average Bonchev–Trinajstić information content (AvgIpc) is 2.88. The molecule has 0 aliphatic rings. The molecule has 0 saturated carbocycles. The first-order valence-electron chi connectivity index (χ1n) is 14.4. The zero-order valence-electron chi connectivity index (χ0n) is 22.5. The molecular weight excluding hydrogens is 460 g/mol. The minimum Gasteiger partial charge on any atom is -0.0843 e. The molecule has 2 rings (SSSR count). The molecule has 0 radical (unpaired) electrons. The summed E-state index contributed by atoms with van der Waals surface area (Å²) >= 11 is 11.5. The van der Waals surface area contributed by atoms with Crippen molar-refractivity contribution in [3.05, 3.63) is 70.8 Å². The number of thiocarbonyl (C=S) groups is 2. The standard InChI is InChI=1S/C33H48S2/c1-3-5-7-9-11-13-16-28-20-24-30(25-21-28)32(34)18-15-19-33(35)31-26-22-29(23-27-31)17-14-12-10-8-6-4-2/h20-27H,3-19H2,1-2H3. The van der Waals surface area contributed by atoms with E-state index in [9.17, 15) is 0 Å². The Balaban J connectivity index is 1.64. The molecule has 35 heavy (non-hydrogen) atoms. The van der Waals surface area contributed by atoms with Gasteiger partial charge in [0.15, 0.2) is 0 Å². The Labute approximate surface area is 227 Å². The fourth-order valence-corrected chi connectivity index (χ4v) is 5.19. The van der Waals surface area contributed by atoms with E-state index in [2.05, 4.69) is 62.4 Å². The molecule has 2 heteroatoms. The highest BCUT2D eigenvalue weighted by molar-refractivity contribution is 7.81. The summed E-state index contributed by atoms with van der Waals surface area (Å²) in [4.78, 5) is 2.13. The van der Waals surface area contributed by atoms with Crippen LogP contribution in [0.4, 0.5) is 0 Å². The lowest BCUT2D eigenvalue weighted by molar-refractivity contribution is 0.607. The fourth-order valence-electron chi connectivity index (χ4n) is 4.63. The Bertz CT molecular complexity index is 761. The van der Waals surface area contributed by atoms with E-state index in [1.165, 1.54) is 112 Å². The molecule has 0 N–H and O–H groups in total. The van der Waals surface area contributed by atoms with E-state index in [0.717, 1.165) is 29.0 Å². The highest BCUT2D eigenvalue weighted by atomic mass is 32.1. The molecule has 0 aliphatic heterocycles. The van der Waals surface area contributed by atoms with Gasteiger partial charge in [-0.15, -0.1) is 0 Å². The Morgan fingerprint density at radius 3 is 1.17 bits per heavy atom. The van der Waals surface area contributed by atoms with Gasteiger partial charge in [-0.3, -0.25) is 0 Å². The fraction of sp³-hybridized carbons (Fsp3) is 0.576. The van der Waals surface area contributed by atoms with Crippen LogP contribution in [-0.2, 0) is 12.8 Å². The molecule has 192 valence electrons. The van der Waals surface area contributed by atoms with Gasteiger partial charge in [0.25, 0.3) is 0 Å². The minimum atomic E-state index is 0.933. The second-order valence-corrected chi connectivity index (χ2v) is 11.1. The molecule has 0 bridgehead atoms.